The van der Waals surface area contributed by atoms with E-state index in [1.54, 1.807) is 11.3 Å². The number of hydrogen-bond acceptors (Lipinski definition) is 3. The Morgan fingerprint density at radius 3 is 2.83 bits per heavy atom. The van der Waals surface area contributed by atoms with Gasteiger partial charge in [0.25, 0.3) is 0 Å². The minimum atomic E-state index is -0.317. The maximum absolute atomic E-state index is 10.5. The zero-order chi connectivity index (χ0) is 12.6. The van der Waals surface area contributed by atoms with E-state index in [1.165, 1.54) is 25.7 Å². The smallest absolute Gasteiger partial charge is 0.0912 e. The molecule has 18 heavy (non-hydrogen) atoms. The molecule has 1 saturated heterocycles. The van der Waals surface area contributed by atoms with E-state index < -0.39 is 0 Å². The largest absolute Gasteiger partial charge is 0.387 e. The van der Waals surface area contributed by atoms with E-state index in [1.807, 2.05) is 12.1 Å². The van der Waals surface area contributed by atoms with E-state index in [0.29, 0.717) is 5.92 Å². The molecule has 1 aliphatic carbocycles. The van der Waals surface area contributed by atoms with Crippen LogP contribution < -0.4 is 0 Å². The molecular formula is C14H19BrO2S. The second-order valence-electron chi connectivity index (χ2n) is 5.58. The first-order valence-corrected chi connectivity index (χ1v) is 8.37. The van der Waals surface area contributed by atoms with Crippen LogP contribution in [0, 0.1) is 5.92 Å². The van der Waals surface area contributed by atoms with Crippen molar-refractivity contribution in [3.05, 3.63) is 20.8 Å². The van der Waals surface area contributed by atoms with Gasteiger partial charge in [0.2, 0.25) is 0 Å². The average molecular weight is 331 g/mol. The van der Waals surface area contributed by atoms with Gasteiger partial charge in [-0.25, -0.2) is 0 Å². The minimum absolute atomic E-state index is 0.0956. The molecule has 1 aromatic heterocycles. The standard InChI is InChI=1S/C14H19BrO2S/c15-12-4-3-11(18-12)13(16)10-5-8-17-14(9-10)6-1-2-7-14/h3-4,10,13,16H,1-2,5-9H2. The van der Waals surface area contributed by atoms with Crippen molar-refractivity contribution in [1.82, 2.24) is 0 Å². The zero-order valence-electron chi connectivity index (χ0n) is 10.4. The third kappa shape index (κ3) is 2.53. The third-order valence-electron chi connectivity index (χ3n) is 4.38. The number of hydrogen-bond donors (Lipinski definition) is 1. The van der Waals surface area contributed by atoms with Gasteiger partial charge in [-0.05, 0) is 59.7 Å². The van der Waals surface area contributed by atoms with E-state index in [9.17, 15) is 5.11 Å². The van der Waals surface area contributed by atoms with Crippen LogP contribution in [0.1, 0.15) is 49.5 Å². The summed E-state index contributed by atoms with van der Waals surface area (Å²) in [4.78, 5) is 1.09. The van der Waals surface area contributed by atoms with Gasteiger partial charge in [0.1, 0.15) is 0 Å². The molecule has 1 spiro atoms. The van der Waals surface area contributed by atoms with Gasteiger partial charge in [0.15, 0.2) is 0 Å². The van der Waals surface area contributed by atoms with Gasteiger partial charge >= 0.3 is 0 Å². The molecule has 0 radical (unpaired) electrons. The fourth-order valence-electron chi connectivity index (χ4n) is 3.42. The molecule has 1 saturated carbocycles. The predicted molar refractivity (Wildman–Crippen MR) is 76.9 cm³/mol. The topological polar surface area (TPSA) is 29.5 Å². The Labute approximate surface area is 120 Å². The molecule has 2 nitrogen and oxygen atoms in total. The summed E-state index contributed by atoms with van der Waals surface area (Å²) in [6.07, 6.45) is 6.64. The van der Waals surface area contributed by atoms with Crippen molar-refractivity contribution in [1.29, 1.82) is 0 Å². The second-order valence-corrected chi connectivity index (χ2v) is 8.07. The highest BCUT2D eigenvalue weighted by Gasteiger charge is 2.42. The lowest BCUT2D eigenvalue weighted by atomic mass is 9.81. The van der Waals surface area contributed by atoms with Gasteiger partial charge in [0.05, 0.1) is 15.5 Å². The van der Waals surface area contributed by atoms with E-state index in [4.69, 9.17) is 4.74 Å². The van der Waals surface area contributed by atoms with Gasteiger partial charge in [0, 0.05) is 11.5 Å². The van der Waals surface area contributed by atoms with Crippen LogP contribution in [0.4, 0.5) is 0 Å². The minimum Gasteiger partial charge on any atom is -0.387 e. The molecule has 3 rings (SSSR count). The van der Waals surface area contributed by atoms with Crippen molar-refractivity contribution < 1.29 is 9.84 Å². The van der Waals surface area contributed by atoms with Gasteiger partial charge in [-0.2, -0.15) is 0 Å². The Morgan fingerprint density at radius 2 is 2.17 bits per heavy atom. The Balaban J connectivity index is 1.72. The van der Waals surface area contributed by atoms with Gasteiger partial charge in [-0.15, -0.1) is 11.3 Å². The second kappa shape index (κ2) is 5.23. The quantitative estimate of drug-likeness (QED) is 0.876. The number of aliphatic hydroxyl groups excluding tert-OH is 1. The maximum atomic E-state index is 10.5. The zero-order valence-corrected chi connectivity index (χ0v) is 12.8. The lowest BCUT2D eigenvalue weighted by Gasteiger charge is -2.39. The number of halogens is 1. The lowest BCUT2D eigenvalue weighted by Crippen LogP contribution is -2.39. The van der Waals surface area contributed by atoms with Crippen molar-refractivity contribution in [3.63, 3.8) is 0 Å². The first-order valence-electron chi connectivity index (χ1n) is 6.76. The first-order chi connectivity index (χ1) is 8.69. The SMILES string of the molecule is OC(c1ccc(Br)s1)C1CCOC2(CCCC2)C1. The van der Waals surface area contributed by atoms with Crippen molar-refractivity contribution in [2.45, 2.75) is 50.2 Å². The molecule has 100 valence electrons. The lowest BCUT2D eigenvalue weighted by molar-refractivity contribution is -0.112. The van der Waals surface area contributed by atoms with E-state index in [0.717, 1.165) is 28.1 Å². The van der Waals surface area contributed by atoms with Crippen LogP contribution in [0.15, 0.2) is 15.9 Å². The Kier molecular flexibility index (Phi) is 3.81. The third-order valence-corrected chi connectivity index (χ3v) is 6.07. The van der Waals surface area contributed by atoms with Crippen LogP contribution in [-0.2, 0) is 4.74 Å². The molecule has 2 fully saturated rings. The Morgan fingerprint density at radius 1 is 1.39 bits per heavy atom. The summed E-state index contributed by atoms with van der Waals surface area (Å²) in [6, 6.07) is 4.06. The van der Waals surface area contributed by atoms with Crippen molar-refractivity contribution >= 4 is 27.3 Å². The number of thiophene rings is 1. The number of aliphatic hydroxyl groups is 1. The molecule has 2 heterocycles. The first kappa shape index (κ1) is 13.1. The summed E-state index contributed by atoms with van der Waals surface area (Å²) >= 11 is 5.11. The molecule has 1 N–H and O–H groups in total. The van der Waals surface area contributed by atoms with Gasteiger partial charge < -0.3 is 9.84 Å². The Hall–Kier alpha value is 0.1000. The molecule has 0 bridgehead atoms. The molecule has 2 unspecified atom stereocenters. The van der Waals surface area contributed by atoms with Crippen LogP contribution in [-0.4, -0.2) is 17.3 Å². The van der Waals surface area contributed by atoms with Crippen LogP contribution >= 0.6 is 27.3 Å². The molecule has 1 aliphatic heterocycles. The fourth-order valence-corrected chi connectivity index (χ4v) is 4.93. The summed E-state index contributed by atoms with van der Waals surface area (Å²) in [5, 5.41) is 10.5. The molecular weight excluding hydrogens is 312 g/mol. The van der Waals surface area contributed by atoms with Crippen molar-refractivity contribution in [2.75, 3.05) is 6.61 Å². The molecule has 4 heteroatoms. The summed E-state index contributed by atoms with van der Waals surface area (Å²) in [5.74, 6) is 0.363. The fraction of sp³-hybridized carbons (Fsp3) is 0.714. The summed E-state index contributed by atoms with van der Waals surface area (Å²) < 4.78 is 7.13. The summed E-state index contributed by atoms with van der Waals surface area (Å²) in [5.41, 5.74) is 0.0956. The van der Waals surface area contributed by atoms with Crippen LogP contribution in [0.25, 0.3) is 0 Å². The Bertz CT molecular complexity index is 412. The van der Waals surface area contributed by atoms with Crippen LogP contribution in [0.2, 0.25) is 0 Å². The summed E-state index contributed by atoms with van der Waals surface area (Å²) in [6.45, 7) is 0.814. The highest BCUT2D eigenvalue weighted by Crippen LogP contribution is 2.46. The highest BCUT2D eigenvalue weighted by molar-refractivity contribution is 9.11. The van der Waals surface area contributed by atoms with E-state index >= 15 is 0 Å². The van der Waals surface area contributed by atoms with Gasteiger partial charge in [-0.1, -0.05) is 12.8 Å². The monoisotopic (exact) mass is 330 g/mol. The summed E-state index contributed by atoms with van der Waals surface area (Å²) in [7, 11) is 0. The molecule has 1 aromatic rings. The molecule has 2 aliphatic rings. The normalized spacial score (nSPS) is 28.7. The van der Waals surface area contributed by atoms with Crippen LogP contribution in [0.3, 0.4) is 0 Å². The predicted octanol–water partition coefficient (Wildman–Crippen LogP) is 4.28. The molecule has 0 aromatic carbocycles. The van der Waals surface area contributed by atoms with Crippen LogP contribution in [0.5, 0.6) is 0 Å². The van der Waals surface area contributed by atoms with Gasteiger partial charge in [-0.3, -0.25) is 0 Å². The van der Waals surface area contributed by atoms with Crippen molar-refractivity contribution in [3.8, 4) is 0 Å². The highest BCUT2D eigenvalue weighted by atomic mass is 79.9. The van der Waals surface area contributed by atoms with E-state index in [2.05, 4.69) is 15.9 Å². The average Bonchev–Trinajstić information content (AvgIpc) is 2.98. The number of rotatable bonds is 2. The molecule has 0 amide bonds. The maximum Gasteiger partial charge on any atom is 0.0912 e. The van der Waals surface area contributed by atoms with E-state index in [-0.39, 0.29) is 11.7 Å². The van der Waals surface area contributed by atoms with Crippen molar-refractivity contribution in [2.24, 2.45) is 5.92 Å². The molecule has 2 atom stereocenters. The number of ether oxygens (including phenoxy) is 1.